The van der Waals surface area contributed by atoms with Crippen LogP contribution in [-0.2, 0) is 4.74 Å². The molecule has 218 valence electrons. The Hall–Kier alpha value is -4.00. The van der Waals surface area contributed by atoms with Gasteiger partial charge in [-0.15, -0.1) is 0 Å². The van der Waals surface area contributed by atoms with Crippen molar-refractivity contribution in [3.05, 3.63) is 75.1 Å². The van der Waals surface area contributed by atoms with E-state index in [1.165, 1.54) is 11.1 Å². The zero-order chi connectivity index (χ0) is 28.9. The third-order valence-electron chi connectivity index (χ3n) is 7.95. The van der Waals surface area contributed by atoms with Gasteiger partial charge in [0.2, 0.25) is 11.6 Å². The van der Waals surface area contributed by atoms with Crippen molar-refractivity contribution in [3.63, 3.8) is 0 Å². The normalized spacial score (nSPS) is 19.4. The van der Waals surface area contributed by atoms with Gasteiger partial charge >= 0.3 is 0 Å². The molecule has 2 aliphatic heterocycles. The minimum atomic E-state index is -0.397. The van der Waals surface area contributed by atoms with Gasteiger partial charge in [0.05, 0.1) is 17.6 Å². The van der Waals surface area contributed by atoms with Crippen LogP contribution in [0.15, 0.2) is 53.9 Å². The number of Topliss-reactive ketones (excluding diaryl/α,β-unsaturated/α-hetero) is 2. The number of rotatable bonds is 11. The molecular formula is C29H37N7O5. The minimum Gasteiger partial charge on any atom is -0.383 e. The van der Waals surface area contributed by atoms with Gasteiger partial charge in [0.1, 0.15) is 17.1 Å². The first-order valence-corrected chi connectivity index (χ1v) is 14.1. The highest BCUT2D eigenvalue weighted by Gasteiger charge is 2.31. The van der Waals surface area contributed by atoms with E-state index in [-0.39, 0.29) is 23.4 Å². The third-order valence-corrected chi connectivity index (χ3v) is 7.95. The summed E-state index contributed by atoms with van der Waals surface area (Å²) >= 11 is 0. The maximum absolute atomic E-state index is 13.0. The van der Waals surface area contributed by atoms with Gasteiger partial charge in [0.25, 0.3) is 5.69 Å². The number of nitro benzene ring substituents is 1. The summed E-state index contributed by atoms with van der Waals surface area (Å²) in [5.41, 5.74) is 2.76. The molecule has 2 aromatic rings. The molecule has 12 nitrogen and oxygen atoms in total. The molecule has 0 amide bonds. The van der Waals surface area contributed by atoms with Crippen LogP contribution in [0.2, 0.25) is 0 Å². The molecule has 2 heterocycles. The number of hydrogen-bond acceptors (Lipinski definition) is 11. The van der Waals surface area contributed by atoms with Crippen molar-refractivity contribution < 1.29 is 19.2 Å². The highest BCUT2D eigenvalue weighted by Crippen LogP contribution is 2.32. The molecule has 1 atom stereocenters. The maximum Gasteiger partial charge on any atom is 0.294 e. The summed E-state index contributed by atoms with van der Waals surface area (Å²) in [6.45, 7) is 5.73. The van der Waals surface area contributed by atoms with Crippen molar-refractivity contribution in [3.8, 4) is 0 Å². The number of nitrogens with zero attached hydrogens (tertiary/aromatic N) is 4. The number of carbonyl (C=O) groups is 2. The summed E-state index contributed by atoms with van der Waals surface area (Å²) in [6, 6.07) is 12.0. The number of likely N-dealkylation sites (N-methyl/N-ethyl adjacent to an activating group) is 1. The first kappa shape index (κ1) is 28.5. The number of ether oxygens (including phenoxy) is 1. The predicted octanol–water partition coefficient (Wildman–Crippen LogP) is 2.07. The van der Waals surface area contributed by atoms with E-state index in [4.69, 9.17) is 10.6 Å². The van der Waals surface area contributed by atoms with Gasteiger partial charge in [-0.3, -0.25) is 24.6 Å². The van der Waals surface area contributed by atoms with E-state index in [2.05, 4.69) is 20.4 Å². The number of anilines is 2. The van der Waals surface area contributed by atoms with Gasteiger partial charge in [0, 0.05) is 69.3 Å². The third kappa shape index (κ3) is 6.19. The van der Waals surface area contributed by atoms with Crippen LogP contribution in [0.4, 0.5) is 17.1 Å². The average Bonchev–Trinajstić information content (AvgIpc) is 3.50. The first-order chi connectivity index (χ1) is 19.9. The number of ketones is 2. The van der Waals surface area contributed by atoms with Crippen molar-refractivity contribution >= 4 is 28.6 Å². The van der Waals surface area contributed by atoms with E-state index < -0.39 is 4.92 Å². The van der Waals surface area contributed by atoms with Crippen LogP contribution < -0.4 is 26.4 Å². The predicted molar refractivity (Wildman–Crippen MR) is 156 cm³/mol. The van der Waals surface area contributed by atoms with E-state index in [9.17, 15) is 19.7 Å². The number of nitrogens with one attached hydrogen (secondary N) is 2. The second-order valence-electron chi connectivity index (χ2n) is 10.5. The summed E-state index contributed by atoms with van der Waals surface area (Å²) in [4.78, 5) is 41.7. The Bertz CT molecular complexity index is 1330. The van der Waals surface area contributed by atoms with Gasteiger partial charge in [-0.2, -0.15) is 0 Å². The van der Waals surface area contributed by atoms with Crippen LogP contribution in [0.1, 0.15) is 40.0 Å². The lowest BCUT2D eigenvalue weighted by Crippen LogP contribution is -2.47. The van der Waals surface area contributed by atoms with Crippen LogP contribution in [0.5, 0.6) is 0 Å². The highest BCUT2D eigenvalue weighted by molar-refractivity contribution is 6.26. The first-order valence-electron chi connectivity index (χ1n) is 14.1. The number of benzene rings is 2. The van der Waals surface area contributed by atoms with E-state index in [0.29, 0.717) is 47.9 Å². The molecule has 2 fully saturated rings. The van der Waals surface area contributed by atoms with Crippen molar-refractivity contribution in [1.82, 2.24) is 15.5 Å². The van der Waals surface area contributed by atoms with Gasteiger partial charge in [-0.25, -0.2) is 5.84 Å². The molecule has 0 saturated carbocycles. The fourth-order valence-electron chi connectivity index (χ4n) is 5.73. The van der Waals surface area contributed by atoms with Crippen LogP contribution >= 0.6 is 0 Å². The van der Waals surface area contributed by atoms with Gasteiger partial charge in [-0.05, 0) is 37.9 Å². The molecule has 2 saturated heterocycles. The molecule has 41 heavy (non-hydrogen) atoms. The average molecular weight is 564 g/mol. The Labute approximate surface area is 239 Å². The Kier molecular flexibility index (Phi) is 8.81. The fourth-order valence-corrected chi connectivity index (χ4v) is 5.73. The summed E-state index contributed by atoms with van der Waals surface area (Å²) in [5, 5.41) is 19.2. The van der Waals surface area contributed by atoms with Crippen molar-refractivity contribution in [2.45, 2.75) is 25.4 Å². The molecule has 4 N–H and O–H groups in total. The van der Waals surface area contributed by atoms with Gasteiger partial charge in [0.15, 0.2) is 0 Å². The van der Waals surface area contributed by atoms with Crippen molar-refractivity contribution in [2.75, 3.05) is 69.4 Å². The monoisotopic (exact) mass is 563 g/mol. The molecule has 0 bridgehead atoms. The lowest BCUT2D eigenvalue weighted by Gasteiger charge is -2.36. The standard InChI is InChI=1S/C29H37N7O5/c1-31-26-27(29(38)23-8-3-2-7-22(23)28(26)37)32-11-5-12-33-13-15-34(16-14-33)20-9-10-24(36(39)40)25(18-20)35(30)19-21-6-4-17-41-21/h2-3,7-10,18,21,31-32H,4-6,11-17,19,30H2,1H3. The topological polar surface area (TPSA) is 146 Å². The Balaban J connectivity index is 1.13. The molecule has 1 unspecified atom stereocenters. The van der Waals surface area contributed by atoms with Crippen LogP contribution in [-0.4, -0.2) is 87.0 Å². The maximum atomic E-state index is 13.0. The number of hydrogen-bond donors (Lipinski definition) is 3. The van der Waals surface area contributed by atoms with Crippen LogP contribution in [0.25, 0.3) is 0 Å². The summed E-state index contributed by atoms with van der Waals surface area (Å²) < 4.78 is 5.66. The quantitative estimate of drug-likeness (QED) is 0.160. The Morgan fingerprint density at radius 2 is 1.78 bits per heavy atom. The van der Waals surface area contributed by atoms with Crippen LogP contribution in [0, 0.1) is 10.1 Å². The molecule has 0 spiro atoms. The second-order valence-corrected chi connectivity index (χ2v) is 10.5. The number of piperazine rings is 1. The Morgan fingerprint density at radius 1 is 1.07 bits per heavy atom. The zero-order valence-electron chi connectivity index (χ0n) is 23.3. The minimum absolute atomic E-state index is 0.0152. The molecule has 2 aromatic carbocycles. The van der Waals surface area contributed by atoms with Crippen LogP contribution in [0.3, 0.4) is 0 Å². The zero-order valence-corrected chi connectivity index (χ0v) is 23.3. The van der Waals surface area contributed by atoms with E-state index in [1.54, 1.807) is 43.4 Å². The lowest BCUT2D eigenvalue weighted by molar-refractivity contribution is -0.384. The van der Waals surface area contributed by atoms with Gasteiger partial charge in [-0.1, -0.05) is 24.3 Å². The molecule has 5 rings (SSSR count). The number of nitrogens with two attached hydrogens (primary N) is 1. The summed E-state index contributed by atoms with van der Waals surface area (Å²) in [6.07, 6.45) is 2.66. The second kappa shape index (κ2) is 12.7. The van der Waals surface area contributed by atoms with Crippen molar-refractivity contribution in [2.24, 2.45) is 5.84 Å². The Morgan fingerprint density at radius 3 is 2.41 bits per heavy atom. The SMILES string of the molecule is CNC1=C(NCCCN2CCN(c3ccc([N+](=O)[O-])c(N(N)CC4CCCO4)c3)CC2)C(=O)c2ccccc2C1=O. The van der Waals surface area contributed by atoms with E-state index >= 15 is 0 Å². The lowest BCUT2D eigenvalue weighted by atomic mass is 9.90. The number of nitro groups is 1. The molecular weight excluding hydrogens is 526 g/mol. The van der Waals surface area contributed by atoms with Gasteiger partial charge < -0.3 is 25.3 Å². The fraction of sp³-hybridized carbons (Fsp3) is 0.448. The smallest absolute Gasteiger partial charge is 0.294 e. The highest BCUT2D eigenvalue weighted by atomic mass is 16.6. The molecule has 0 aromatic heterocycles. The molecule has 3 aliphatic rings. The number of carbonyl (C=O) groups excluding carboxylic acids is 2. The van der Waals surface area contributed by atoms with E-state index in [1.807, 2.05) is 0 Å². The van der Waals surface area contributed by atoms with Crippen molar-refractivity contribution in [1.29, 1.82) is 0 Å². The summed E-state index contributed by atoms with van der Waals surface area (Å²) in [5.74, 6) is 5.93. The number of allylic oxidation sites excluding steroid dienone is 2. The molecule has 0 radical (unpaired) electrons. The number of hydrazine groups is 1. The number of fused-ring (bicyclic) bond motifs is 1. The van der Waals surface area contributed by atoms with E-state index in [0.717, 1.165) is 57.7 Å². The largest absolute Gasteiger partial charge is 0.383 e. The summed E-state index contributed by atoms with van der Waals surface area (Å²) in [7, 11) is 1.65. The molecule has 1 aliphatic carbocycles. The molecule has 12 heteroatoms.